The maximum atomic E-state index is 11.7. The molecule has 0 aliphatic rings. The Bertz CT molecular complexity index is 744. The second kappa shape index (κ2) is 13.0. The predicted molar refractivity (Wildman–Crippen MR) is 115 cm³/mol. The van der Waals surface area contributed by atoms with E-state index in [0.29, 0.717) is 10.0 Å². The third-order valence-electron chi connectivity index (χ3n) is 4.12. The fourth-order valence-electron chi connectivity index (χ4n) is 2.56. The molecule has 0 amide bonds. The second-order valence-corrected chi connectivity index (χ2v) is 8.40. The van der Waals surface area contributed by atoms with Gasteiger partial charge in [-0.25, -0.2) is 0 Å². The summed E-state index contributed by atoms with van der Waals surface area (Å²) in [6.07, 6.45) is -2.17. The molecule has 1 aromatic rings. The number of hydrogen-bond donors (Lipinski definition) is 0. The minimum atomic E-state index is -0.822. The van der Waals surface area contributed by atoms with E-state index in [4.69, 9.17) is 42.1 Å². The van der Waals surface area contributed by atoms with Crippen LogP contribution >= 0.6 is 35.0 Å². The van der Waals surface area contributed by atoms with Gasteiger partial charge in [-0.2, -0.15) is 0 Å². The van der Waals surface area contributed by atoms with Gasteiger partial charge in [-0.3, -0.25) is 14.4 Å². The SMILES string of the molecule is CC(=O)OCC(OCSc1ccc(Cl)cc1Cl)[C@H](OC(C)=O)C(C)[C@@H](C)OC(C)=O. The lowest BCUT2D eigenvalue weighted by molar-refractivity contribution is -0.173. The molecule has 1 rings (SSSR count). The van der Waals surface area contributed by atoms with Gasteiger partial charge in [0.2, 0.25) is 0 Å². The van der Waals surface area contributed by atoms with E-state index in [0.717, 1.165) is 4.90 Å². The zero-order valence-corrected chi connectivity index (χ0v) is 19.8. The van der Waals surface area contributed by atoms with Crippen molar-refractivity contribution in [3.05, 3.63) is 28.2 Å². The Hall–Kier alpha value is -1.48. The molecule has 0 bridgehead atoms. The standard InChI is InChI=1S/C20H26Cl2O7S/c1-11(12(2)28-14(4)24)20(29-15(5)25)18(9-26-13(3)23)27-10-30-19-7-6-16(21)8-17(19)22/h6-8,11-12,18,20H,9-10H2,1-5H3/t11?,12-,18?,20-/m1/s1. The molecule has 10 heteroatoms. The van der Waals surface area contributed by atoms with Gasteiger partial charge < -0.3 is 18.9 Å². The van der Waals surface area contributed by atoms with Crippen LogP contribution in [0.3, 0.4) is 0 Å². The average molecular weight is 481 g/mol. The zero-order chi connectivity index (χ0) is 22.8. The van der Waals surface area contributed by atoms with E-state index in [2.05, 4.69) is 0 Å². The van der Waals surface area contributed by atoms with Crippen molar-refractivity contribution in [2.45, 2.75) is 57.8 Å². The van der Waals surface area contributed by atoms with Gasteiger partial charge in [0.05, 0.1) is 11.0 Å². The zero-order valence-electron chi connectivity index (χ0n) is 17.5. The lowest BCUT2D eigenvalue weighted by atomic mass is 9.94. The van der Waals surface area contributed by atoms with E-state index in [9.17, 15) is 14.4 Å². The molecule has 0 aliphatic carbocycles. The quantitative estimate of drug-likeness (QED) is 0.198. The molecule has 0 aliphatic heterocycles. The van der Waals surface area contributed by atoms with Crippen LogP contribution < -0.4 is 0 Å². The summed E-state index contributed by atoms with van der Waals surface area (Å²) in [6, 6.07) is 5.08. The van der Waals surface area contributed by atoms with Crippen molar-refractivity contribution in [2.24, 2.45) is 5.92 Å². The van der Waals surface area contributed by atoms with Crippen LogP contribution in [-0.2, 0) is 33.3 Å². The molecular formula is C20H26Cl2O7S. The van der Waals surface area contributed by atoms with Crippen molar-refractivity contribution in [3.8, 4) is 0 Å². The second-order valence-electron chi connectivity index (χ2n) is 6.59. The molecule has 168 valence electrons. The number of ether oxygens (including phenoxy) is 4. The van der Waals surface area contributed by atoms with E-state index in [1.54, 1.807) is 32.0 Å². The third kappa shape index (κ3) is 9.55. The number of hydrogen-bond acceptors (Lipinski definition) is 8. The normalized spacial score (nSPS) is 14.9. The Balaban J connectivity index is 2.95. The van der Waals surface area contributed by atoms with Gasteiger partial charge >= 0.3 is 17.9 Å². The highest BCUT2D eigenvalue weighted by Crippen LogP contribution is 2.30. The Morgan fingerprint density at radius 3 is 2.17 bits per heavy atom. The first kappa shape index (κ1) is 26.6. The van der Waals surface area contributed by atoms with E-state index >= 15 is 0 Å². The summed E-state index contributed by atoms with van der Waals surface area (Å²) in [5.74, 6) is -1.78. The minimum absolute atomic E-state index is 0.139. The van der Waals surface area contributed by atoms with E-state index in [1.807, 2.05) is 0 Å². The molecule has 0 spiro atoms. The number of carbonyl (C=O) groups is 3. The van der Waals surface area contributed by atoms with Crippen molar-refractivity contribution < 1.29 is 33.3 Å². The molecule has 30 heavy (non-hydrogen) atoms. The molecule has 0 saturated heterocycles. The Kier molecular flexibility index (Phi) is 11.5. The largest absolute Gasteiger partial charge is 0.463 e. The summed E-state index contributed by atoms with van der Waals surface area (Å²) >= 11 is 13.4. The van der Waals surface area contributed by atoms with Crippen molar-refractivity contribution in [2.75, 3.05) is 12.5 Å². The number of carbonyl (C=O) groups excluding carboxylic acids is 3. The van der Waals surface area contributed by atoms with Crippen LogP contribution in [0.5, 0.6) is 0 Å². The first-order chi connectivity index (χ1) is 14.0. The molecular weight excluding hydrogens is 455 g/mol. The van der Waals surface area contributed by atoms with Crippen LogP contribution in [0.15, 0.2) is 23.1 Å². The molecule has 2 unspecified atom stereocenters. The van der Waals surface area contributed by atoms with Crippen molar-refractivity contribution in [1.29, 1.82) is 0 Å². The van der Waals surface area contributed by atoms with E-state index in [1.165, 1.54) is 32.5 Å². The molecule has 0 saturated carbocycles. The predicted octanol–water partition coefficient (Wildman–Crippen LogP) is 4.51. The summed E-state index contributed by atoms with van der Waals surface area (Å²) < 4.78 is 21.7. The van der Waals surface area contributed by atoms with Gasteiger partial charge in [0.1, 0.15) is 24.9 Å². The highest BCUT2D eigenvalue weighted by Gasteiger charge is 2.35. The molecule has 1 aromatic carbocycles. The topological polar surface area (TPSA) is 88.1 Å². The van der Waals surface area contributed by atoms with Crippen LogP contribution in [0.25, 0.3) is 0 Å². The van der Waals surface area contributed by atoms with Gasteiger partial charge in [-0.05, 0) is 25.1 Å². The molecule has 0 heterocycles. The fourth-order valence-corrected chi connectivity index (χ4v) is 3.87. The van der Waals surface area contributed by atoms with Gasteiger partial charge in [-0.1, -0.05) is 41.9 Å². The van der Waals surface area contributed by atoms with E-state index in [-0.39, 0.29) is 12.5 Å². The monoisotopic (exact) mass is 480 g/mol. The summed E-state index contributed by atoms with van der Waals surface area (Å²) in [7, 11) is 0. The Morgan fingerprint density at radius 1 is 1.00 bits per heavy atom. The highest BCUT2D eigenvalue weighted by molar-refractivity contribution is 7.99. The highest BCUT2D eigenvalue weighted by atomic mass is 35.5. The van der Waals surface area contributed by atoms with Crippen molar-refractivity contribution >= 4 is 52.9 Å². The maximum Gasteiger partial charge on any atom is 0.303 e. The lowest BCUT2D eigenvalue weighted by Crippen LogP contribution is -2.45. The molecule has 0 radical (unpaired) electrons. The number of thioether (sulfide) groups is 1. The molecule has 0 N–H and O–H groups in total. The lowest BCUT2D eigenvalue weighted by Gasteiger charge is -2.33. The fraction of sp³-hybridized carbons (Fsp3) is 0.550. The van der Waals surface area contributed by atoms with Gasteiger partial charge in [0, 0.05) is 36.6 Å². The van der Waals surface area contributed by atoms with Gasteiger partial charge in [0.25, 0.3) is 0 Å². The maximum absolute atomic E-state index is 11.7. The number of rotatable bonds is 11. The molecule has 4 atom stereocenters. The summed E-state index contributed by atoms with van der Waals surface area (Å²) in [6.45, 7) is 7.14. The Morgan fingerprint density at radius 2 is 1.63 bits per heavy atom. The Labute approximate surface area is 190 Å². The number of benzene rings is 1. The van der Waals surface area contributed by atoms with Crippen molar-refractivity contribution in [3.63, 3.8) is 0 Å². The molecule has 0 fully saturated rings. The van der Waals surface area contributed by atoms with Gasteiger partial charge in [0.15, 0.2) is 0 Å². The first-order valence-electron chi connectivity index (χ1n) is 9.18. The van der Waals surface area contributed by atoms with Crippen LogP contribution in [0.1, 0.15) is 34.6 Å². The summed E-state index contributed by atoms with van der Waals surface area (Å²) in [5.41, 5.74) is 0. The van der Waals surface area contributed by atoms with E-state index < -0.39 is 42.1 Å². The number of halogens is 2. The molecule has 7 nitrogen and oxygen atoms in total. The van der Waals surface area contributed by atoms with Gasteiger partial charge in [-0.15, -0.1) is 0 Å². The number of esters is 3. The van der Waals surface area contributed by atoms with Crippen molar-refractivity contribution in [1.82, 2.24) is 0 Å². The first-order valence-corrected chi connectivity index (χ1v) is 10.9. The van der Waals surface area contributed by atoms with Crippen LogP contribution in [0.2, 0.25) is 10.0 Å². The summed E-state index contributed by atoms with van der Waals surface area (Å²) in [4.78, 5) is 35.1. The minimum Gasteiger partial charge on any atom is -0.463 e. The average Bonchev–Trinajstić information content (AvgIpc) is 2.62. The summed E-state index contributed by atoms with van der Waals surface area (Å²) in [5, 5.41) is 0.988. The van der Waals surface area contributed by atoms with Crippen LogP contribution in [-0.4, -0.2) is 48.8 Å². The molecule has 0 aromatic heterocycles. The van der Waals surface area contributed by atoms with Crippen LogP contribution in [0.4, 0.5) is 0 Å². The third-order valence-corrected chi connectivity index (χ3v) is 5.70. The smallest absolute Gasteiger partial charge is 0.303 e. The van der Waals surface area contributed by atoms with Crippen LogP contribution in [0, 0.1) is 5.92 Å².